The smallest absolute Gasteiger partial charge is 0.161 e. The molecule has 0 atom stereocenters. The number of rotatable bonds is 6. The lowest BCUT2D eigenvalue weighted by Crippen LogP contribution is -2.07. The van der Waals surface area contributed by atoms with Crippen LogP contribution in [0.4, 0.5) is 5.69 Å². The molecule has 0 spiro atoms. The van der Waals surface area contributed by atoms with E-state index in [0.717, 1.165) is 11.3 Å². The summed E-state index contributed by atoms with van der Waals surface area (Å²) in [6.45, 7) is 6.06. The van der Waals surface area contributed by atoms with Crippen LogP contribution in [0.3, 0.4) is 0 Å². The van der Waals surface area contributed by atoms with Crippen LogP contribution in [0, 0.1) is 11.3 Å². The maximum Gasteiger partial charge on any atom is 0.161 e. The Kier molecular flexibility index (Phi) is 5.37. The first-order chi connectivity index (χ1) is 11.0. The molecule has 0 saturated heterocycles. The first kappa shape index (κ1) is 16.6. The van der Waals surface area contributed by atoms with E-state index in [4.69, 9.17) is 10.00 Å². The summed E-state index contributed by atoms with van der Waals surface area (Å²) in [5.41, 5.74) is 2.86. The van der Waals surface area contributed by atoms with Crippen molar-refractivity contribution in [3.8, 4) is 11.8 Å². The molecule has 0 bridgehead atoms. The fourth-order valence-corrected chi connectivity index (χ4v) is 2.22. The molecule has 0 radical (unpaired) electrons. The van der Waals surface area contributed by atoms with Gasteiger partial charge in [0.15, 0.2) is 5.78 Å². The van der Waals surface area contributed by atoms with Gasteiger partial charge in [0.1, 0.15) is 5.75 Å². The molecule has 2 aromatic carbocycles. The lowest BCUT2D eigenvalue weighted by atomic mass is 10.1. The van der Waals surface area contributed by atoms with Crippen LogP contribution in [0.2, 0.25) is 0 Å². The van der Waals surface area contributed by atoms with Gasteiger partial charge >= 0.3 is 0 Å². The van der Waals surface area contributed by atoms with Crippen molar-refractivity contribution in [1.29, 1.82) is 5.26 Å². The third-order valence-electron chi connectivity index (χ3n) is 3.31. The van der Waals surface area contributed by atoms with Crippen molar-refractivity contribution in [2.24, 2.45) is 0 Å². The molecule has 2 rings (SSSR count). The summed E-state index contributed by atoms with van der Waals surface area (Å²) in [4.78, 5) is 11.7. The molecule has 0 aliphatic heterocycles. The fraction of sp³-hybridized carbons (Fsp3) is 0.263. The molecule has 4 nitrogen and oxygen atoms in total. The van der Waals surface area contributed by atoms with Gasteiger partial charge in [-0.05, 0) is 56.7 Å². The van der Waals surface area contributed by atoms with Crippen molar-refractivity contribution in [2.75, 3.05) is 5.32 Å². The summed E-state index contributed by atoms with van der Waals surface area (Å²) in [6, 6.07) is 14.9. The Hall–Kier alpha value is -2.80. The van der Waals surface area contributed by atoms with Gasteiger partial charge in [0.25, 0.3) is 0 Å². The van der Waals surface area contributed by atoms with E-state index < -0.39 is 0 Å². The van der Waals surface area contributed by atoms with Gasteiger partial charge in [-0.15, -0.1) is 0 Å². The van der Waals surface area contributed by atoms with Crippen LogP contribution >= 0.6 is 0 Å². The molecule has 0 amide bonds. The Morgan fingerprint density at radius 3 is 2.48 bits per heavy atom. The van der Waals surface area contributed by atoms with Crippen LogP contribution in [-0.4, -0.2) is 11.9 Å². The van der Waals surface area contributed by atoms with E-state index >= 15 is 0 Å². The number of nitrogens with one attached hydrogen (secondary N) is 1. The second kappa shape index (κ2) is 7.46. The molecule has 118 valence electrons. The highest BCUT2D eigenvalue weighted by Crippen LogP contribution is 2.20. The number of carbonyl (C=O) groups is 1. The predicted molar refractivity (Wildman–Crippen MR) is 90.7 cm³/mol. The zero-order valence-corrected chi connectivity index (χ0v) is 13.6. The van der Waals surface area contributed by atoms with Gasteiger partial charge in [-0.1, -0.05) is 12.1 Å². The van der Waals surface area contributed by atoms with Crippen molar-refractivity contribution in [2.45, 2.75) is 33.4 Å². The average Bonchev–Trinajstić information content (AvgIpc) is 2.53. The second-order valence-corrected chi connectivity index (χ2v) is 5.59. The third kappa shape index (κ3) is 4.58. The highest BCUT2D eigenvalue weighted by atomic mass is 16.5. The van der Waals surface area contributed by atoms with Crippen LogP contribution < -0.4 is 10.1 Å². The van der Waals surface area contributed by atoms with E-state index in [9.17, 15) is 4.79 Å². The highest BCUT2D eigenvalue weighted by molar-refractivity contribution is 5.99. The van der Waals surface area contributed by atoms with E-state index in [1.807, 2.05) is 38.1 Å². The Balaban J connectivity index is 2.11. The zero-order chi connectivity index (χ0) is 16.8. The second-order valence-electron chi connectivity index (χ2n) is 5.59. The van der Waals surface area contributed by atoms with Crippen molar-refractivity contribution in [1.82, 2.24) is 0 Å². The van der Waals surface area contributed by atoms with Gasteiger partial charge < -0.3 is 10.1 Å². The molecule has 0 aliphatic carbocycles. The van der Waals surface area contributed by atoms with Crippen LogP contribution in [0.15, 0.2) is 42.5 Å². The van der Waals surface area contributed by atoms with Gasteiger partial charge in [0.05, 0.1) is 17.7 Å². The minimum atomic E-state index is -0.0299. The molecule has 2 aromatic rings. The minimum absolute atomic E-state index is 0.0299. The quantitative estimate of drug-likeness (QED) is 0.814. The Bertz CT molecular complexity index is 728. The molecule has 23 heavy (non-hydrogen) atoms. The summed E-state index contributed by atoms with van der Waals surface area (Å²) < 4.78 is 5.61. The molecule has 0 unspecified atom stereocenters. The maximum atomic E-state index is 11.7. The average molecular weight is 308 g/mol. The molecule has 4 heteroatoms. The number of hydrogen-bond donors (Lipinski definition) is 1. The van der Waals surface area contributed by atoms with E-state index in [2.05, 4.69) is 11.4 Å². The third-order valence-corrected chi connectivity index (χ3v) is 3.31. The molecular weight excluding hydrogens is 288 g/mol. The molecule has 0 aliphatic rings. The van der Waals surface area contributed by atoms with Gasteiger partial charge in [0, 0.05) is 17.8 Å². The highest BCUT2D eigenvalue weighted by Gasteiger charge is 2.08. The summed E-state index contributed by atoms with van der Waals surface area (Å²) >= 11 is 0. The van der Waals surface area contributed by atoms with Crippen LogP contribution in [0.25, 0.3) is 0 Å². The van der Waals surface area contributed by atoms with Gasteiger partial charge in [0.2, 0.25) is 0 Å². The number of Topliss-reactive ketones (excluding diaryl/α,β-unsaturated/α-hetero) is 1. The lowest BCUT2D eigenvalue weighted by molar-refractivity contribution is 0.101. The standard InChI is InChI=1S/C19H20N2O2/c1-13(2)23-17-7-4-15(5-8-17)12-21-19-10-16(11-20)6-9-18(19)14(3)22/h4-10,13,21H,12H2,1-3H3. The number of ketones is 1. The predicted octanol–water partition coefficient (Wildman–Crippen LogP) is 4.16. The number of nitriles is 1. The van der Waals surface area contributed by atoms with Gasteiger partial charge in [-0.25, -0.2) is 0 Å². The maximum absolute atomic E-state index is 11.7. The van der Waals surface area contributed by atoms with Crippen molar-refractivity contribution >= 4 is 11.5 Å². The number of nitrogens with zero attached hydrogens (tertiary/aromatic N) is 1. The number of ether oxygens (including phenoxy) is 1. The van der Waals surface area contributed by atoms with E-state index in [1.54, 1.807) is 18.2 Å². The molecule has 0 fully saturated rings. The Morgan fingerprint density at radius 1 is 1.22 bits per heavy atom. The van der Waals surface area contributed by atoms with E-state index in [-0.39, 0.29) is 11.9 Å². The molecular formula is C19H20N2O2. The van der Waals surface area contributed by atoms with Crippen LogP contribution in [-0.2, 0) is 6.54 Å². The summed E-state index contributed by atoms with van der Waals surface area (Å²) in [6.07, 6.45) is 0.144. The Labute approximate surface area is 136 Å². The van der Waals surface area contributed by atoms with Gasteiger partial charge in [-0.2, -0.15) is 5.26 Å². The zero-order valence-electron chi connectivity index (χ0n) is 13.6. The number of hydrogen-bond acceptors (Lipinski definition) is 4. The SMILES string of the molecule is CC(=O)c1ccc(C#N)cc1NCc1ccc(OC(C)C)cc1. The minimum Gasteiger partial charge on any atom is -0.491 e. The molecule has 0 aromatic heterocycles. The lowest BCUT2D eigenvalue weighted by Gasteiger charge is -2.12. The number of benzene rings is 2. The molecule has 1 N–H and O–H groups in total. The Morgan fingerprint density at radius 2 is 1.91 bits per heavy atom. The van der Waals surface area contributed by atoms with Crippen molar-refractivity contribution in [3.63, 3.8) is 0 Å². The number of anilines is 1. The summed E-state index contributed by atoms with van der Waals surface area (Å²) in [5.74, 6) is 0.803. The monoisotopic (exact) mass is 308 g/mol. The topological polar surface area (TPSA) is 62.1 Å². The normalized spacial score (nSPS) is 10.2. The first-order valence-electron chi connectivity index (χ1n) is 7.54. The van der Waals surface area contributed by atoms with Crippen molar-refractivity contribution in [3.05, 3.63) is 59.2 Å². The first-order valence-corrected chi connectivity index (χ1v) is 7.54. The summed E-state index contributed by atoms with van der Waals surface area (Å²) in [5, 5.41) is 12.2. The van der Waals surface area contributed by atoms with Gasteiger partial charge in [-0.3, -0.25) is 4.79 Å². The van der Waals surface area contributed by atoms with E-state index in [1.165, 1.54) is 6.92 Å². The van der Waals surface area contributed by atoms with Crippen LogP contribution in [0.1, 0.15) is 42.3 Å². The van der Waals surface area contributed by atoms with E-state index in [0.29, 0.717) is 23.4 Å². The number of carbonyl (C=O) groups excluding carboxylic acids is 1. The van der Waals surface area contributed by atoms with Crippen molar-refractivity contribution < 1.29 is 9.53 Å². The fourth-order valence-electron chi connectivity index (χ4n) is 2.22. The largest absolute Gasteiger partial charge is 0.491 e. The summed E-state index contributed by atoms with van der Waals surface area (Å²) in [7, 11) is 0. The van der Waals surface area contributed by atoms with Crippen LogP contribution in [0.5, 0.6) is 5.75 Å². The molecule has 0 heterocycles. The molecule has 0 saturated carbocycles.